The van der Waals surface area contributed by atoms with Crippen molar-refractivity contribution in [2.45, 2.75) is 73.2 Å². The van der Waals surface area contributed by atoms with Gasteiger partial charge in [-0.3, -0.25) is 0 Å². The third kappa shape index (κ3) is 5.52. The Morgan fingerprint density at radius 3 is 2.36 bits per heavy atom. The van der Waals surface area contributed by atoms with E-state index in [0.29, 0.717) is 11.3 Å². The lowest BCUT2D eigenvalue weighted by atomic mass is 9.73. The summed E-state index contributed by atoms with van der Waals surface area (Å²) in [5, 5.41) is 13.6. The van der Waals surface area contributed by atoms with Gasteiger partial charge in [-0.15, -0.1) is 0 Å². The van der Waals surface area contributed by atoms with Crippen molar-refractivity contribution in [1.29, 1.82) is 0 Å². The van der Waals surface area contributed by atoms with Crippen molar-refractivity contribution in [2.75, 3.05) is 17.3 Å². The lowest BCUT2D eigenvalue weighted by Crippen LogP contribution is -2.52. The number of hydrogen-bond donors (Lipinski definition) is 2. The molecule has 0 spiro atoms. The lowest BCUT2D eigenvalue weighted by Gasteiger charge is -2.39. The van der Waals surface area contributed by atoms with E-state index in [4.69, 9.17) is 0 Å². The smallest absolute Gasteiger partial charge is 0.380 e. The largest absolute Gasteiger partial charge is 0.417 e. The molecule has 0 fully saturated rings. The second-order valence-corrected chi connectivity index (χ2v) is 14.0. The Bertz CT molecular complexity index is 1380. The topological polar surface area (TPSA) is 113 Å². The third-order valence-electron chi connectivity index (χ3n) is 6.40. The minimum absolute atomic E-state index is 0.0114. The zero-order valence-electron chi connectivity index (χ0n) is 20.1. The molecular weight excluding hydrogens is 524 g/mol. The number of aliphatic hydroxyl groups is 1. The van der Waals surface area contributed by atoms with E-state index in [9.17, 15) is 39.5 Å². The van der Waals surface area contributed by atoms with Crippen LogP contribution in [0.15, 0.2) is 40.4 Å². The van der Waals surface area contributed by atoms with E-state index in [1.165, 1.54) is 45.2 Å². The molecule has 1 aliphatic heterocycles. The number of hydrogen-bond acceptors (Lipinski definition) is 7. The van der Waals surface area contributed by atoms with Crippen LogP contribution in [0.25, 0.3) is 0 Å². The summed E-state index contributed by atoms with van der Waals surface area (Å²) in [4.78, 5) is 3.18. The highest BCUT2D eigenvalue weighted by atomic mass is 32.2. The molecule has 1 aliphatic rings. The van der Waals surface area contributed by atoms with Gasteiger partial charge in [0.2, 0.25) is 0 Å². The summed E-state index contributed by atoms with van der Waals surface area (Å²) >= 11 is 0. The van der Waals surface area contributed by atoms with Crippen LogP contribution in [0.3, 0.4) is 0 Å². The number of nitrogens with zero attached hydrogens (tertiary/aromatic N) is 1. The maximum Gasteiger partial charge on any atom is 0.417 e. The van der Waals surface area contributed by atoms with Crippen molar-refractivity contribution >= 4 is 25.4 Å². The molecule has 1 aromatic heterocycles. The van der Waals surface area contributed by atoms with Crippen LogP contribution in [-0.4, -0.2) is 56.8 Å². The first-order chi connectivity index (χ1) is 16.3. The normalized spacial score (nSPS) is 18.4. The fourth-order valence-corrected chi connectivity index (χ4v) is 6.69. The molecule has 0 amide bonds. The van der Waals surface area contributed by atoms with E-state index in [2.05, 4.69) is 10.3 Å². The zero-order valence-corrected chi connectivity index (χ0v) is 21.8. The van der Waals surface area contributed by atoms with Crippen LogP contribution >= 0.6 is 0 Å². The van der Waals surface area contributed by atoms with Gasteiger partial charge in [0, 0.05) is 18.7 Å². The molecule has 1 aromatic carbocycles. The average molecular weight is 553 g/mol. The Kier molecular flexibility index (Phi) is 7.28. The van der Waals surface area contributed by atoms with Gasteiger partial charge in [0.1, 0.15) is 10.7 Å². The van der Waals surface area contributed by atoms with E-state index < -0.39 is 66.5 Å². The number of alkyl halides is 3. The number of fused-ring (bicyclic) bond motifs is 1. The first-order valence-corrected chi connectivity index (χ1v) is 14.6. The molecule has 0 radical (unpaired) electrons. The number of rotatable bonds is 8. The monoisotopic (exact) mass is 552 g/mol. The summed E-state index contributed by atoms with van der Waals surface area (Å²) in [5.41, 5.74) is -4.23. The molecule has 36 heavy (non-hydrogen) atoms. The zero-order chi connectivity index (χ0) is 27.3. The molecule has 0 bridgehead atoms. The SMILES string of the molecule is CCS(=O)(=O)c1cc2c(cn1)NC(CC(O)(CC(C)(C)c1cccc(F)c1S(C)(=O)=O)C(F)(F)F)C2. The molecule has 3 rings (SSSR count). The second-order valence-electron chi connectivity index (χ2n) is 9.81. The third-order valence-corrected chi connectivity index (χ3v) is 9.18. The van der Waals surface area contributed by atoms with Gasteiger partial charge in [0.15, 0.2) is 30.3 Å². The van der Waals surface area contributed by atoms with Gasteiger partial charge in [-0.1, -0.05) is 32.9 Å². The summed E-state index contributed by atoms with van der Waals surface area (Å²) in [5.74, 6) is -1.27. The number of sulfone groups is 2. The van der Waals surface area contributed by atoms with Gasteiger partial charge >= 0.3 is 6.18 Å². The van der Waals surface area contributed by atoms with Crippen molar-refractivity contribution in [2.24, 2.45) is 0 Å². The van der Waals surface area contributed by atoms with E-state index in [-0.39, 0.29) is 22.8 Å². The maximum atomic E-state index is 14.4. The molecule has 2 N–H and O–H groups in total. The van der Waals surface area contributed by atoms with Crippen LogP contribution in [0.1, 0.15) is 44.7 Å². The van der Waals surface area contributed by atoms with Crippen LogP contribution in [0.4, 0.5) is 23.2 Å². The fraction of sp³-hybridized carbons (Fsp3) is 0.522. The summed E-state index contributed by atoms with van der Waals surface area (Å²) in [6.07, 6.45) is -4.85. The quantitative estimate of drug-likeness (QED) is 0.479. The highest BCUT2D eigenvalue weighted by molar-refractivity contribution is 7.91. The van der Waals surface area contributed by atoms with E-state index >= 15 is 0 Å². The maximum absolute atomic E-state index is 14.4. The molecule has 2 aromatic rings. The fourth-order valence-electron chi connectivity index (χ4n) is 4.69. The molecule has 2 unspecified atom stereocenters. The molecule has 0 saturated heterocycles. The van der Waals surface area contributed by atoms with Crippen molar-refractivity contribution in [1.82, 2.24) is 4.98 Å². The van der Waals surface area contributed by atoms with Crippen LogP contribution in [0.2, 0.25) is 0 Å². The number of anilines is 1. The minimum atomic E-state index is -5.10. The Labute approximate surface area is 207 Å². The van der Waals surface area contributed by atoms with E-state index in [0.717, 1.165) is 12.3 Å². The summed E-state index contributed by atoms with van der Waals surface area (Å²) in [6, 6.07) is 3.75. The first-order valence-electron chi connectivity index (χ1n) is 11.1. The Hall–Kier alpha value is -2.25. The molecule has 7 nitrogen and oxygen atoms in total. The Morgan fingerprint density at radius 2 is 1.81 bits per heavy atom. The molecule has 0 aliphatic carbocycles. The summed E-state index contributed by atoms with van der Waals surface area (Å²) in [7, 11) is -7.74. The van der Waals surface area contributed by atoms with Gasteiger partial charge < -0.3 is 10.4 Å². The van der Waals surface area contributed by atoms with Gasteiger partial charge in [-0.2, -0.15) is 13.2 Å². The highest BCUT2D eigenvalue weighted by Crippen LogP contribution is 2.46. The minimum Gasteiger partial charge on any atom is -0.380 e. The number of benzene rings is 1. The van der Waals surface area contributed by atoms with E-state index in [1.807, 2.05) is 0 Å². The predicted octanol–water partition coefficient (Wildman–Crippen LogP) is 3.81. The predicted molar refractivity (Wildman–Crippen MR) is 126 cm³/mol. The van der Waals surface area contributed by atoms with Crippen molar-refractivity contribution in [3.05, 3.63) is 47.4 Å². The molecule has 2 heterocycles. The van der Waals surface area contributed by atoms with Gasteiger partial charge in [-0.05, 0) is 41.5 Å². The number of pyridine rings is 1. The highest BCUT2D eigenvalue weighted by Gasteiger charge is 2.57. The molecule has 2 atom stereocenters. The number of nitrogens with one attached hydrogen (secondary N) is 1. The number of halogens is 4. The lowest BCUT2D eigenvalue weighted by molar-refractivity contribution is -0.270. The van der Waals surface area contributed by atoms with Gasteiger partial charge in [0.25, 0.3) is 0 Å². The average Bonchev–Trinajstić information content (AvgIpc) is 3.12. The van der Waals surface area contributed by atoms with E-state index in [1.54, 1.807) is 0 Å². The van der Waals surface area contributed by atoms with Gasteiger partial charge in [-0.25, -0.2) is 26.2 Å². The van der Waals surface area contributed by atoms with Crippen LogP contribution in [0, 0.1) is 5.82 Å². The van der Waals surface area contributed by atoms with Crippen LogP contribution < -0.4 is 5.32 Å². The van der Waals surface area contributed by atoms with Crippen molar-refractivity contribution in [3.63, 3.8) is 0 Å². The number of aromatic nitrogens is 1. The summed E-state index contributed by atoms with van der Waals surface area (Å²) < 4.78 is 106. The Morgan fingerprint density at radius 1 is 1.17 bits per heavy atom. The van der Waals surface area contributed by atoms with Crippen LogP contribution in [-0.2, 0) is 31.5 Å². The molecule has 200 valence electrons. The first kappa shape index (κ1) is 28.3. The second kappa shape index (κ2) is 9.25. The Balaban J connectivity index is 1.94. The van der Waals surface area contributed by atoms with Crippen molar-refractivity contribution in [3.8, 4) is 0 Å². The summed E-state index contributed by atoms with van der Waals surface area (Å²) in [6.45, 7) is 4.08. The van der Waals surface area contributed by atoms with Crippen molar-refractivity contribution < 1.29 is 39.5 Å². The standard InChI is InChI=1S/C23H28F4N2O5S2/c1-5-36(33,34)19-10-14-9-15(29-18(14)12-28-19)11-22(30,23(25,26)27)13-21(2,3)16-7-6-8-17(24)20(16)35(4,31)32/h6-8,10,12,15,29-30H,5,9,11,13H2,1-4H3. The van der Waals surface area contributed by atoms with Gasteiger partial charge in [0.05, 0.1) is 17.6 Å². The molecular formula is C23H28F4N2O5S2. The molecule has 13 heteroatoms. The molecule has 0 saturated carbocycles. The van der Waals surface area contributed by atoms with Crippen LogP contribution in [0.5, 0.6) is 0 Å².